The number of carboxylic acids is 1. The van der Waals surface area contributed by atoms with Crippen molar-refractivity contribution in [3.05, 3.63) is 12.2 Å². The summed E-state index contributed by atoms with van der Waals surface area (Å²) in [5.41, 5.74) is 0. The van der Waals surface area contributed by atoms with Crippen LogP contribution in [0.1, 0.15) is 90.4 Å². The van der Waals surface area contributed by atoms with Gasteiger partial charge in [0.25, 0.3) is 0 Å². The molecule has 27 heavy (non-hydrogen) atoms. The molecule has 0 amide bonds. The van der Waals surface area contributed by atoms with Gasteiger partial charge >= 0.3 is 5.97 Å². The number of fused-ring (bicyclic) bond motifs is 2. The Morgan fingerprint density at radius 3 is 2.48 bits per heavy atom. The van der Waals surface area contributed by atoms with Crippen LogP contribution in [0.3, 0.4) is 0 Å². The highest BCUT2D eigenvalue weighted by Crippen LogP contribution is 2.47. The second-order valence-electron chi connectivity index (χ2n) is 8.28. The van der Waals surface area contributed by atoms with Gasteiger partial charge in [-0.25, -0.2) is 0 Å². The highest BCUT2D eigenvalue weighted by Gasteiger charge is 2.47. The van der Waals surface area contributed by atoms with Crippen LogP contribution in [0.2, 0.25) is 0 Å². The minimum atomic E-state index is -0.691. The molecule has 0 aliphatic carbocycles. The first-order valence-electron chi connectivity index (χ1n) is 11.3. The average molecular weight is 397 g/mol. The highest BCUT2D eigenvalue weighted by atomic mass is 32.2. The van der Waals surface area contributed by atoms with Crippen molar-refractivity contribution < 1.29 is 14.6 Å². The van der Waals surface area contributed by atoms with Gasteiger partial charge in [0.1, 0.15) is 0 Å². The van der Waals surface area contributed by atoms with Gasteiger partial charge in [-0.2, -0.15) is 11.8 Å². The van der Waals surface area contributed by atoms with Crippen LogP contribution in [0.5, 0.6) is 0 Å². The molecule has 0 radical (unpaired) electrons. The van der Waals surface area contributed by atoms with Crippen molar-refractivity contribution in [2.24, 2.45) is 11.8 Å². The molecule has 2 saturated heterocycles. The van der Waals surface area contributed by atoms with E-state index in [0.29, 0.717) is 18.1 Å². The zero-order valence-electron chi connectivity index (χ0n) is 17.2. The van der Waals surface area contributed by atoms with E-state index in [2.05, 4.69) is 30.8 Å². The van der Waals surface area contributed by atoms with E-state index in [-0.39, 0.29) is 6.42 Å². The standard InChI is InChI=1S/C23H40O3S/c1-2-3-4-10-17-27-18-11-9-13-20-19(21-15-16-22(20)26-21)12-7-5-6-8-14-23(24)25/h5,7,19-22H,2-4,6,8-18H2,1H3,(H,24,25)/t19-,20+,21-,22+/m1/s1. The predicted octanol–water partition coefficient (Wildman–Crippen LogP) is 6.47. The predicted molar refractivity (Wildman–Crippen MR) is 115 cm³/mol. The molecule has 2 aliphatic heterocycles. The number of allylic oxidation sites excluding steroid dienone is 2. The Balaban J connectivity index is 1.57. The number of ether oxygens (including phenoxy) is 1. The molecule has 4 atom stereocenters. The molecule has 2 bridgehead atoms. The van der Waals surface area contributed by atoms with Gasteiger partial charge in [0, 0.05) is 6.42 Å². The SMILES string of the molecule is CCCCCCSCCCC[C@H]1[C@@H](CC=CCCCC(=O)O)[C@H]2CC[C@@H]1O2. The van der Waals surface area contributed by atoms with E-state index in [1.165, 1.54) is 69.3 Å². The smallest absolute Gasteiger partial charge is 0.303 e. The zero-order valence-corrected chi connectivity index (χ0v) is 18.1. The third-order valence-corrected chi connectivity index (χ3v) is 7.30. The van der Waals surface area contributed by atoms with Gasteiger partial charge in [0.05, 0.1) is 12.2 Å². The van der Waals surface area contributed by atoms with Crippen LogP contribution < -0.4 is 0 Å². The second-order valence-corrected chi connectivity index (χ2v) is 9.50. The molecule has 2 fully saturated rings. The van der Waals surface area contributed by atoms with Gasteiger partial charge in [-0.1, -0.05) is 44.8 Å². The summed E-state index contributed by atoms with van der Waals surface area (Å²) >= 11 is 2.14. The molecule has 156 valence electrons. The van der Waals surface area contributed by atoms with Crippen molar-refractivity contribution in [3.8, 4) is 0 Å². The van der Waals surface area contributed by atoms with Crippen LogP contribution in [-0.2, 0) is 9.53 Å². The number of carbonyl (C=O) groups is 1. The molecule has 4 heteroatoms. The van der Waals surface area contributed by atoms with E-state index < -0.39 is 5.97 Å². The third-order valence-electron chi connectivity index (χ3n) is 6.15. The molecule has 0 aromatic carbocycles. The highest BCUT2D eigenvalue weighted by molar-refractivity contribution is 7.99. The van der Waals surface area contributed by atoms with E-state index in [1.54, 1.807) is 0 Å². The molecule has 0 unspecified atom stereocenters. The summed E-state index contributed by atoms with van der Waals surface area (Å²) in [7, 11) is 0. The van der Waals surface area contributed by atoms with Crippen LogP contribution in [0, 0.1) is 11.8 Å². The topological polar surface area (TPSA) is 46.5 Å². The van der Waals surface area contributed by atoms with Gasteiger partial charge in [-0.3, -0.25) is 4.79 Å². The van der Waals surface area contributed by atoms with Crippen LogP contribution in [0.4, 0.5) is 0 Å². The van der Waals surface area contributed by atoms with Gasteiger partial charge in [-0.05, 0) is 74.7 Å². The second kappa shape index (κ2) is 13.7. The molecule has 0 spiro atoms. The van der Waals surface area contributed by atoms with E-state index in [9.17, 15) is 4.79 Å². The van der Waals surface area contributed by atoms with Gasteiger partial charge in [0.2, 0.25) is 0 Å². The lowest BCUT2D eigenvalue weighted by atomic mass is 9.75. The lowest BCUT2D eigenvalue weighted by Crippen LogP contribution is -2.26. The maximum atomic E-state index is 10.6. The van der Waals surface area contributed by atoms with Crippen molar-refractivity contribution >= 4 is 17.7 Å². The number of aliphatic carboxylic acids is 1. The van der Waals surface area contributed by atoms with Crippen molar-refractivity contribution in [1.82, 2.24) is 0 Å². The quantitative estimate of drug-likeness (QED) is 0.240. The Bertz CT molecular complexity index is 437. The van der Waals surface area contributed by atoms with E-state index in [4.69, 9.17) is 9.84 Å². The fourth-order valence-electron chi connectivity index (χ4n) is 4.66. The molecule has 0 saturated carbocycles. The maximum Gasteiger partial charge on any atom is 0.303 e. The fourth-order valence-corrected chi connectivity index (χ4v) is 5.68. The van der Waals surface area contributed by atoms with E-state index in [1.807, 2.05) is 0 Å². The average Bonchev–Trinajstić information content (AvgIpc) is 3.25. The summed E-state index contributed by atoms with van der Waals surface area (Å²) in [5.74, 6) is 3.42. The lowest BCUT2D eigenvalue weighted by Gasteiger charge is -2.27. The van der Waals surface area contributed by atoms with Crippen molar-refractivity contribution in [2.45, 2.75) is 103 Å². The number of carboxylic acid groups (broad SMARTS) is 1. The third kappa shape index (κ3) is 8.60. The molecule has 0 aromatic heterocycles. The Hall–Kier alpha value is -0.480. The summed E-state index contributed by atoms with van der Waals surface area (Å²) in [6, 6.07) is 0. The minimum absolute atomic E-state index is 0.279. The maximum absolute atomic E-state index is 10.6. The van der Waals surface area contributed by atoms with Gasteiger partial charge in [0.15, 0.2) is 0 Å². The molecular formula is C23H40O3S. The molecule has 0 aromatic rings. The Morgan fingerprint density at radius 2 is 1.74 bits per heavy atom. The Labute approximate surface area is 170 Å². The van der Waals surface area contributed by atoms with Gasteiger partial charge in [-0.15, -0.1) is 0 Å². The largest absolute Gasteiger partial charge is 0.481 e. The number of rotatable bonds is 16. The lowest BCUT2D eigenvalue weighted by molar-refractivity contribution is -0.137. The van der Waals surface area contributed by atoms with Crippen LogP contribution in [0.15, 0.2) is 12.2 Å². The van der Waals surface area contributed by atoms with Crippen molar-refractivity contribution in [1.29, 1.82) is 0 Å². The number of hydrogen-bond donors (Lipinski definition) is 1. The molecule has 1 N–H and O–H groups in total. The monoisotopic (exact) mass is 396 g/mol. The summed E-state index contributed by atoms with van der Waals surface area (Å²) in [6.07, 6.45) is 20.5. The first-order chi connectivity index (χ1) is 13.2. The fraction of sp³-hybridized carbons (Fsp3) is 0.870. The van der Waals surface area contributed by atoms with Crippen LogP contribution >= 0.6 is 11.8 Å². The first kappa shape index (κ1) is 22.8. The summed E-state index contributed by atoms with van der Waals surface area (Å²) in [6.45, 7) is 2.27. The Kier molecular flexibility index (Phi) is 11.5. The zero-order chi connectivity index (χ0) is 19.3. The molecule has 2 heterocycles. The molecule has 2 aliphatic rings. The number of hydrogen-bond acceptors (Lipinski definition) is 3. The summed E-state index contributed by atoms with van der Waals surface area (Å²) in [5, 5.41) is 8.69. The number of unbranched alkanes of at least 4 members (excludes halogenated alkanes) is 5. The molecular weight excluding hydrogens is 356 g/mol. The number of thioether (sulfide) groups is 1. The minimum Gasteiger partial charge on any atom is -0.481 e. The first-order valence-corrected chi connectivity index (χ1v) is 12.5. The summed E-state index contributed by atoms with van der Waals surface area (Å²) in [4.78, 5) is 10.6. The van der Waals surface area contributed by atoms with Crippen molar-refractivity contribution in [3.63, 3.8) is 0 Å². The van der Waals surface area contributed by atoms with Crippen molar-refractivity contribution in [2.75, 3.05) is 11.5 Å². The van der Waals surface area contributed by atoms with Crippen LogP contribution in [0.25, 0.3) is 0 Å². The normalized spacial score (nSPS) is 27.0. The Morgan fingerprint density at radius 1 is 1.00 bits per heavy atom. The van der Waals surface area contributed by atoms with E-state index >= 15 is 0 Å². The molecule has 3 nitrogen and oxygen atoms in total. The van der Waals surface area contributed by atoms with Gasteiger partial charge < -0.3 is 9.84 Å². The molecule has 2 rings (SSSR count). The van der Waals surface area contributed by atoms with E-state index in [0.717, 1.165) is 25.2 Å². The summed E-state index contributed by atoms with van der Waals surface area (Å²) < 4.78 is 6.22. The van der Waals surface area contributed by atoms with Crippen LogP contribution in [-0.4, -0.2) is 34.8 Å².